The second-order valence-electron chi connectivity index (χ2n) is 3.85. The molecule has 0 aliphatic rings. The summed E-state index contributed by atoms with van der Waals surface area (Å²) in [5.41, 5.74) is 7.19. The first kappa shape index (κ1) is 13.3. The fraction of sp³-hybridized carbons (Fsp3) is 0. The maximum absolute atomic E-state index is 11.7. The van der Waals surface area contributed by atoms with Gasteiger partial charge >= 0.3 is 0 Å². The van der Waals surface area contributed by atoms with Crippen molar-refractivity contribution in [2.75, 3.05) is 11.1 Å². The van der Waals surface area contributed by atoms with Crippen LogP contribution >= 0.6 is 15.9 Å². The number of rotatable bonds is 3. The summed E-state index contributed by atoms with van der Waals surface area (Å²) in [7, 11) is 0. The van der Waals surface area contributed by atoms with Gasteiger partial charge in [-0.2, -0.15) is 0 Å². The number of carbonyl (C=O) groups is 1. The maximum Gasteiger partial charge on any atom is 0.249 e. The fourth-order valence-corrected chi connectivity index (χ4v) is 1.63. The number of nitrogens with two attached hydrogens (primary N) is 1. The van der Waals surface area contributed by atoms with Crippen LogP contribution in [0.2, 0.25) is 0 Å². The van der Waals surface area contributed by atoms with Crippen molar-refractivity contribution in [1.82, 2.24) is 4.98 Å². The monoisotopic (exact) mass is 317 g/mol. The Bertz CT molecular complexity index is 591. The van der Waals surface area contributed by atoms with Gasteiger partial charge in [0.1, 0.15) is 5.82 Å². The predicted molar refractivity (Wildman–Crippen MR) is 80.5 cm³/mol. The summed E-state index contributed by atoms with van der Waals surface area (Å²) >= 11 is 3.28. The van der Waals surface area contributed by atoms with Crippen molar-refractivity contribution in [3.8, 4) is 0 Å². The zero-order valence-electron chi connectivity index (χ0n) is 10.0. The van der Waals surface area contributed by atoms with Crippen molar-refractivity contribution in [2.45, 2.75) is 0 Å². The van der Waals surface area contributed by atoms with Crippen LogP contribution in [0.3, 0.4) is 0 Å². The fourth-order valence-electron chi connectivity index (χ4n) is 1.40. The third-order valence-corrected chi connectivity index (χ3v) is 2.81. The highest BCUT2D eigenvalue weighted by Gasteiger charge is 1.98. The van der Waals surface area contributed by atoms with E-state index in [0.717, 1.165) is 10.0 Å². The number of hydrogen-bond donors (Lipinski definition) is 2. The lowest BCUT2D eigenvalue weighted by Crippen LogP contribution is -2.08. The van der Waals surface area contributed by atoms with Crippen LogP contribution in [0.1, 0.15) is 5.56 Å². The molecule has 5 heteroatoms. The zero-order chi connectivity index (χ0) is 13.7. The lowest BCUT2D eigenvalue weighted by Gasteiger charge is -2.00. The molecule has 4 nitrogen and oxygen atoms in total. The molecule has 0 bridgehead atoms. The van der Waals surface area contributed by atoms with E-state index in [9.17, 15) is 4.79 Å². The van der Waals surface area contributed by atoms with Crippen LogP contribution in [0.25, 0.3) is 6.08 Å². The quantitative estimate of drug-likeness (QED) is 0.675. The Hall–Kier alpha value is -2.14. The molecule has 0 fully saturated rings. The second kappa shape index (κ2) is 6.15. The number of benzene rings is 1. The smallest absolute Gasteiger partial charge is 0.249 e. The van der Waals surface area contributed by atoms with Gasteiger partial charge in [-0.05, 0) is 51.8 Å². The van der Waals surface area contributed by atoms with Gasteiger partial charge < -0.3 is 11.1 Å². The summed E-state index contributed by atoms with van der Waals surface area (Å²) in [4.78, 5) is 15.7. The molecule has 1 aromatic heterocycles. The Morgan fingerprint density at radius 3 is 2.58 bits per heavy atom. The maximum atomic E-state index is 11.7. The zero-order valence-corrected chi connectivity index (χ0v) is 11.6. The molecule has 0 saturated carbocycles. The van der Waals surface area contributed by atoms with E-state index in [1.54, 1.807) is 30.5 Å². The van der Waals surface area contributed by atoms with E-state index in [1.165, 1.54) is 6.08 Å². The first-order valence-electron chi connectivity index (χ1n) is 5.59. The van der Waals surface area contributed by atoms with E-state index < -0.39 is 0 Å². The van der Waals surface area contributed by atoms with Gasteiger partial charge in [0.15, 0.2) is 0 Å². The Labute approximate surface area is 119 Å². The molecule has 2 rings (SSSR count). The standard InChI is InChI=1S/C14H12BrN3O/c15-11-4-7-13(17-9-11)18-14(19)8-3-10-1-5-12(16)6-2-10/h1-9H,16H2,(H,17,18,19)/b8-3+. The Morgan fingerprint density at radius 2 is 1.95 bits per heavy atom. The summed E-state index contributed by atoms with van der Waals surface area (Å²) in [6.45, 7) is 0. The first-order valence-corrected chi connectivity index (χ1v) is 6.39. The van der Waals surface area contributed by atoms with Gasteiger partial charge in [0.25, 0.3) is 0 Å². The van der Waals surface area contributed by atoms with Crippen molar-refractivity contribution < 1.29 is 4.79 Å². The molecule has 0 aliphatic heterocycles. The highest BCUT2D eigenvalue weighted by atomic mass is 79.9. The topological polar surface area (TPSA) is 68.0 Å². The highest BCUT2D eigenvalue weighted by molar-refractivity contribution is 9.10. The van der Waals surface area contributed by atoms with Crippen molar-refractivity contribution in [3.05, 3.63) is 58.7 Å². The molecule has 0 unspecified atom stereocenters. The van der Waals surface area contributed by atoms with Crippen LogP contribution in [0.5, 0.6) is 0 Å². The lowest BCUT2D eigenvalue weighted by atomic mass is 10.2. The van der Waals surface area contributed by atoms with E-state index in [1.807, 2.05) is 18.2 Å². The second-order valence-corrected chi connectivity index (χ2v) is 4.77. The number of carbonyl (C=O) groups excluding carboxylic acids is 1. The lowest BCUT2D eigenvalue weighted by molar-refractivity contribution is -0.111. The van der Waals surface area contributed by atoms with Crippen molar-refractivity contribution >= 4 is 39.4 Å². The Balaban J connectivity index is 1.97. The average molecular weight is 318 g/mol. The number of hydrogen-bond acceptors (Lipinski definition) is 3. The average Bonchev–Trinajstić information content (AvgIpc) is 2.41. The molecule has 1 aromatic carbocycles. The molecule has 1 amide bonds. The van der Waals surface area contributed by atoms with Crippen molar-refractivity contribution in [3.63, 3.8) is 0 Å². The van der Waals surface area contributed by atoms with E-state index >= 15 is 0 Å². The van der Waals surface area contributed by atoms with Crippen molar-refractivity contribution in [2.24, 2.45) is 0 Å². The SMILES string of the molecule is Nc1ccc(/C=C/C(=O)Nc2ccc(Br)cn2)cc1. The first-order chi connectivity index (χ1) is 9.13. The number of aromatic nitrogens is 1. The molecule has 3 N–H and O–H groups in total. The van der Waals surface area contributed by atoms with Crippen LogP contribution in [0, 0.1) is 0 Å². The number of nitrogens with zero attached hydrogens (tertiary/aromatic N) is 1. The minimum absolute atomic E-state index is 0.230. The largest absolute Gasteiger partial charge is 0.399 e. The third-order valence-electron chi connectivity index (χ3n) is 2.34. The van der Waals surface area contributed by atoms with Gasteiger partial charge in [0.05, 0.1) is 0 Å². The molecular formula is C14H12BrN3O. The Morgan fingerprint density at radius 1 is 1.21 bits per heavy atom. The van der Waals surface area contributed by atoms with Gasteiger partial charge in [-0.1, -0.05) is 12.1 Å². The van der Waals surface area contributed by atoms with Crippen LogP contribution in [0.4, 0.5) is 11.5 Å². The van der Waals surface area contributed by atoms with Crippen LogP contribution in [-0.2, 0) is 4.79 Å². The number of nitrogens with one attached hydrogen (secondary N) is 1. The molecule has 0 radical (unpaired) electrons. The van der Waals surface area contributed by atoms with E-state index in [0.29, 0.717) is 11.5 Å². The Kier molecular flexibility index (Phi) is 4.30. The van der Waals surface area contributed by atoms with Gasteiger partial charge in [0, 0.05) is 22.4 Å². The molecule has 0 spiro atoms. The summed E-state index contributed by atoms with van der Waals surface area (Å²) in [5.74, 6) is 0.279. The highest BCUT2D eigenvalue weighted by Crippen LogP contribution is 2.11. The predicted octanol–water partition coefficient (Wildman–Crippen LogP) is 3.08. The number of halogens is 1. The van der Waals surface area contributed by atoms with E-state index in [-0.39, 0.29) is 5.91 Å². The van der Waals surface area contributed by atoms with Gasteiger partial charge in [-0.15, -0.1) is 0 Å². The molecule has 19 heavy (non-hydrogen) atoms. The van der Waals surface area contributed by atoms with Crippen LogP contribution in [-0.4, -0.2) is 10.9 Å². The number of amides is 1. The minimum atomic E-state index is -0.230. The van der Waals surface area contributed by atoms with Crippen molar-refractivity contribution in [1.29, 1.82) is 0 Å². The summed E-state index contributed by atoms with van der Waals surface area (Å²) in [6, 6.07) is 10.8. The van der Waals surface area contributed by atoms with E-state index in [4.69, 9.17) is 5.73 Å². The minimum Gasteiger partial charge on any atom is -0.399 e. The molecule has 0 saturated heterocycles. The van der Waals surface area contributed by atoms with Gasteiger partial charge in [-0.3, -0.25) is 4.79 Å². The molecule has 0 aliphatic carbocycles. The number of anilines is 2. The number of pyridine rings is 1. The van der Waals surface area contributed by atoms with Gasteiger partial charge in [0.2, 0.25) is 5.91 Å². The summed E-state index contributed by atoms with van der Waals surface area (Å²) in [6.07, 6.45) is 4.79. The third kappa shape index (κ3) is 4.22. The number of nitrogen functional groups attached to an aromatic ring is 1. The summed E-state index contributed by atoms with van der Waals surface area (Å²) in [5, 5.41) is 2.67. The molecule has 1 heterocycles. The van der Waals surface area contributed by atoms with Crippen LogP contribution in [0.15, 0.2) is 53.1 Å². The van der Waals surface area contributed by atoms with Gasteiger partial charge in [-0.25, -0.2) is 4.98 Å². The molecule has 0 atom stereocenters. The molecule has 96 valence electrons. The summed E-state index contributed by atoms with van der Waals surface area (Å²) < 4.78 is 0.864. The molecular weight excluding hydrogens is 306 g/mol. The van der Waals surface area contributed by atoms with E-state index in [2.05, 4.69) is 26.2 Å². The molecule has 2 aromatic rings. The normalized spacial score (nSPS) is 10.6. The van der Waals surface area contributed by atoms with Crippen LogP contribution < -0.4 is 11.1 Å².